The van der Waals surface area contributed by atoms with Crippen molar-refractivity contribution in [2.75, 3.05) is 26.0 Å². The molecule has 2 aliphatic rings. The molecule has 0 saturated carbocycles. The van der Waals surface area contributed by atoms with Crippen LogP contribution in [0.5, 0.6) is 11.5 Å². The molecule has 0 spiro atoms. The summed E-state index contributed by atoms with van der Waals surface area (Å²) in [6.07, 6.45) is 0.589. The van der Waals surface area contributed by atoms with Gasteiger partial charge in [-0.25, -0.2) is 8.42 Å². The molecule has 0 amide bonds. The maximum absolute atomic E-state index is 12.1. The SMILES string of the molecule is CNC1CCS(=O)(=O)c2cc3c(cc21)OCCO3. The van der Waals surface area contributed by atoms with Gasteiger partial charge < -0.3 is 14.8 Å². The van der Waals surface area contributed by atoms with Gasteiger partial charge in [0.05, 0.1) is 10.6 Å². The molecule has 1 aromatic carbocycles. The predicted molar refractivity (Wildman–Crippen MR) is 65.9 cm³/mol. The second-order valence-electron chi connectivity index (χ2n) is 4.48. The van der Waals surface area contributed by atoms with Gasteiger partial charge in [-0.2, -0.15) is 0 Å². The van der Waals surface area contributed by atoms with Gasteiger partial charge in [0.2, 0.25) is 0 Å². The quantitative estimate of drug-likeness (QED) is 0.820. The van der Waals surface area contributed by atoms with Crippen LogP contribution in [0.15, 0.2) is 17.0 Å². The summed E-state index contributed by atoms with van der Waals surface area (Å²) in [7, 11) is -1.36. The fourth-order valence-corrected chi connectivity index (χ4v) is 4.08. The molecule has 0 aliphatic carbocycles. The molecule has 6 heteroatoms. The maximum Gasteiger partial charge on any atom is 0.178 e. The largest absolute Gasteiger partial charge is 0.486 e. The summed E-state index contributed by atoms with van der Waals surface area (Å²) in [4.78, 5) is 0.373. The first-order valence-corrected chi connectivity index (χ1v) is 7.60. The first-order chi connectivity index (χ1) is 8.62. The third kappa shape index (κ3) is 1.76. The summed E-state index contributed by atoms with van der Waals surface area (Å²) in [6, 6.07) is 3.45. The highest BCUT2D eigenvalue weighted by atomic mass is 32.2. The summed E-state index contributed by atoms with van der Waals surface area (Å²) < 4.78 is 35.1. The van der Waals surface area contributed by atoms with E-state index in [9.17, 15) is 8.42 Å². The Kier molecular flexibility index (Phi) is 2.71. The third-order valence-electron chi connectivity index (χ3n) is 3.41. The summed E-state index contributed by atoms with van der Waals surface area (Å²) in [6.45, 7) is 0.962. The van der Waals surface area contributed by atoms with Crippen molar-refractivity contribution < 1.29 is 17.9 Å². The Bertz CT molecular complexity index is 582. The molecule has 0 radical (unpaired) electrons. The highest BCUT2D eigenvalue weighted by Gasteiger charge is 2.32. The van der Waals surface area contributed by atoms with Crippen LogP contribution >= 0.6 is 0 Å². The van der Waals surface area contributed by atoms with Crippen molar-refractivity contribution in [2.24, 2.45) is 0 Å². The number of benzene rings is 1. The van der Waals surface area contributed by atoms with Gasteiger partial charge in [-0.1, -0.05) is 0 Å². The van der Waals surface area contributed by atoms with Crippen LogP contribution in [0.3, 0.4) is 0 Å². The van der Waals surface area contributed by atoms with Crippen LogP contribution in [0.4, 0.5) is 0 Å². The summed E-state index contributed by atoms with van der Waals surface area (Å²) in [5.41, 5.74) is 0.785. The lowest BCUT2D eigenvalue weighted by Crippen LogP contribution is -2.28. The normalized spacial score (nSPS) is 24.4. The van der Waals surface area contributed by atoms with Gasteiger partial charge in [-0.05, 0) is 25.1 Å². The Hall–Kier alpha value is -1.27. The minimum atomic E-state index is -3.19. The fourth-order valence-electron chi connectivity index (χ4n) is 2.47. The van der Waals surface area contributed by atoms with Crippen molar-refractivity contribution in [2.45, 2.75) is 17.4 Å². The number of hydrogen-bond donors (Lipinski definition) is 1. The van der Waals surface area contributed by atoms with Crippen molar-refractivity contribution in [3.05, 3.63) is 17.7 Å². The zero-order chi connectivity index (χ0) is 12.8. The predicted octanol–water partition coefficient (Wildman–Crippen LogP) is 0.896. The molecule has 0 bridgehead atoms. The van der Waals surface area contributed by atoms with Crippen molar-refractivity contribution >= 4 is 9.84 Å². The Morgan fingerprint density at radius 2 is 1.89 bits per heavy atom. The van der Waals surface area contributed by atoms with Gasteiger partial charge >= 0.3 is 0 Å². The first kappa shape index (κ1) is 11.8. The summed E-state index contributed by atoms with van der Waals surface area (Å²) in [5, 5.41) is 3.14. The van der Waals surface area contributed by atoms with E-state index in [-0.39, 0.29) is 11.8 Å². The zero-order valence-corrected chi connectivity index (χ0v) is 10.9. The molecule has 2 heterocycles. The Balaban J connectivity index is 2.20. The number of nitrogens with one attached hydrogen (secondary N) is 1. The van der Waals surface area contributed by atoms with Crippen LogP contribution in [0.2, 0.25) is 0 Å². The van der Waals surface area contributed by atoms with Crippen molar-refractivity contribution in [1.82, 2.24) is 5.32 Å². The number of rotatable bonds is 1. The highest BCUT2D eigenvalue weighted by Crippen LogP contribution is 2.40. The maximum atomic E-state index is 12.1. The van der Waals surface area contributed by atoms with Gasteiger partial charge in [0, 0.05) is 12.1 Å². The average molecular weight is 269 g/mol. The van der Waals surface area contributed by atoms with E-state index in [1.54, 1.807) is 12.1 Å². The smallest absolute Gasteiger partial charge is 0.178 e. The van der Waals surface area contributed by atoms with Crippen molar-refractivity contribution in [3.8, 4) is 11.5 Å². The molecule has 1 unspecified atom stereocenters. The molecule has 2 aliphatic heterocycles. The van der Waals surface area contributed by atoms with Crippen molar-refractivity contribution in [1.29, 1.82) is 0 Å². The molecule has 5 nitrogen and oxygen atoms in total. The first-order valence-electron chi connectivity index (χ1n) is 5.95. The molecule has 1 atom stereocenters. The van der Waals surface area contributed by atoms with Crippen LogP contribution in [-0.4, -0.2) is 34.4 Å². The fraction of sp³-hybridized carbons (Fsp3) is 0.500. The molecular formula is C12H15NO4S. The molecular weight excluding hydrogens is 254 g/mol. The Morgan fingerprint density at radius 1 is 1.22 bits per heavy atom. The van der Waals surface area contributed by atoms with Gasteiger partial charge in [0.25, 0.3) is 0 Å². The Morgan fingerprint density at radius 3 is 2.56 bits per heavy atom. The van der Waals surface area contributed by atoms with Gasteiger partial charge in [0.1, 0.15) is 13.2 Å². The number of fused-ring (bicyclic) bond motifs is 2. The molecule has 98 valence electrons. The molecule has 1 N–H and O–H groups in total. The zero-order valence-electron chi connectivity index (χ0n) is 10.1. The number of ether oxygens (including phenoxy) is 2. The standard InChI is InChI=1S/C12H15NO4S/c1-13-9-2-5-18(14,15)12-7-11-10(6-8(9)12)16-3-4-17-11/h6-7,9,13H,2-5H2,1H3. The molecule has 0 fully saturated rings. The van der Waals surface area contributed by atoms with E-state index in [1.165, 1.54) is 0 Å². The lowest BCUT2D eigenvalue weighted by molar-refractivity contribution is 0.170. The van der Waals surface area contributed by atoms with Crippen LogP contribution in [0.1, 0.15) is 18.0 Å². The van der Waals surface area contributed by atoms with E-state index in [1.807, 2.05) is 7.05 Å². The van der Waals surface area contributed by atoms with Crippen LogP contribution in [0, 0.1) is 0 Å². The summed E-state index contributed by atoms with van der Waals surface area (Å²) >= 11 is 0. The topological polar surface area (TPSA) is 64.6 Å². The molecule has 0 saturated heterocycles. The minimum Gasteiger partial charge on any atom is -0.486 e. The van der Waals surface area contributed by atoms with Crippen LogP contribution in [-0.2, 0) is 9.84 Å². The lowest BCUT2D eigenvalue weighted by Gasteiger charge is -2.28. The van der Waals surface area contributed by atoms with Crippen molar-refractivity contribution in [3.63, 3.8) is 0 Å². The third-order valence-corrected chi connectivity index (χ3v) is 5.21. The van der Waals surface area contributed by atoms with E-state index in [4.69, 9.17) is 9.47 Å². The molecule has 0 aromatic heterocycles. The van der Waals surface area contributed by atoms with E-state index in [2.05, 4.69) is 5.32 Å². The number of sulfone groups is 1. The van der Waals surface area contributed by atoms with E-state index < -0.39 is 9.84 Å². The van der Waals surface area contributed by atoms with Gasteiger partial charge in [0.15, 0.2) is 21.3 Å². The molecule has 18 heavy (non-hydrogen) atoms. The molecule has 3 rings (SSSR count). The average Bonchev–Trinajstić information content (AvgIpc) is 2.37. The van der Waals surface area contributed by atoms with Crippen LogP contribution in [0.25, 0.3) is 0 Å². The number of hydrogen-bond acceptors (Lipinski definition) is 5. The second kappa shape index (κ2) is 4.13. The van der Waals surface area contributed by atoms with Gasteiger partial charge in [-0.15, -0.1) is 0 Å². The second-order valence-corrected chi connectivity index (χ2v) is 6.56. The van der Waals surface area contributed by atoms with E-state index in [0.717, 1.165) is 5.56 Å². The van der Waals surface area contributed by atoms with Crippen LogP contribution < -0.4 is 14.8 Å². The minimum absolute atomic E-state index is 0.0550. The lowest BCUT2D eigenvalue weighted by atomic mass is 10.0. The Labute approximate surface area is 106 Å². The van der Waals surface area contributed by atoms with E-state index in [0.29, 0.717) is 36.0 Å². The molecule has 1 aromatic rings. The monoisotopic (exact) mass is 269 g/mol. The van der Waals surface area contributed by atoms with Gasteiger partial charge in [-0.3, -0.25) is 0 Å². The highest BCUT2D eigenvalue weighted by molar-refractivity contribution is 7.91. The van der Waals surface area contributed by atoms with E-state index >= 15 is 0 Å². The summed E-state index contributed by atoms with van der Waals surface area (Å²) in [5.74, 6) is 1.34.